The molecule has 0 saturated heterocycles. The van der Waals surface area contributed by atoms with Gasteiger partial charge in [-0.3, -0.25) is 0 Å². The highest BCUT2D eigenvalue weighted by atomic mass is 32.2. The molecule has 0 fully saturated rings. The number of benzene rings is 3. The summed E-state index contributed by atoms with van der Waals surface area (Å²) in [6.45, 7) is 2.97. The summed E-state index contributed by atoms with van der Waals surface area (Å²) >= 11 is 1.98. The lowest BCUT2D eigenvalue weighted by Gasteiger charge is -2.08. The first-order chi connectivity index (χ1) is 14.3. The lowest BCUT2D eigenvalue weighted by molar-refractivity contribution is 0.304. The molecule has 0 aliphatic heterocycles. The van der Waals surface area contributed by atoms with Crippen molar-refractivity contribution >= 4 is 11.8 Å². The SMILES string of the molecule is Cc1cccc(SCCCCCCCCOc2ccc(-c3ccccc3)cc2)c1. The first-order valence-electron chi connectivity index (χ1n) is 10.8. The Morgan fingerprint density at radius 2 is 1.34 bits per heavy atom. The van der Waals surface area contributed by atoms with Gasteiger partial charge in [-0.25, -0.2) is 0 Å². The van der Waals surface area contributed by atoms with Crippen LogP contribution in [0.4, 0.5) is 0 Å². The van der Waals surface area contributed by atoms with Crippen molar-refractivity contribution in [1.82, 2.24) is 0 Å². The lowest BCUT2D eigenvalue weighted by Crippen LogP contribution is -1.97. The smallest absolute Gasteiger partial charge is 0.119 e. The molecule has 0 unspecified atom stereocenters. The van der Waals surface area contributed by atoms with Gasteiger partial charge in [-0.2, -0.15) is 0 Å². The predicted molar refractivity (Wildman–Crippen MR) is 127 cm³/mol. The summed E-state index contributed by atoms with van der Waals surface area (Å²) < 4.78 is 5.90. The number of ether oxygens (including phenoxy) is 1. The van der Waals surface area contributed by atoms with E-state index in [1.807, 2.05) is 17.8 Å². The molecular weight excluding hydrogens is 372 g/mol. The first-order valence-corrected chi connectivity index (χ1v) is 11.8. The molecule has 3 rings (SSSR count). The third-order valence-electron chi connectivity index (χ3n) is 5.03. The first kappa shape index (κ1) is 21.5. The van der Waals surface area contributed by atoms with Crippen LogP contribution < -0.4 is 4.74 Å². The Hall–Kier alpha value is -2.19. The standard InChI is InChI=1S/C27H32OS/c1-23-12-11-15-27(22-23)29-21-10-5-3-2-4-9-20-28-26-18-16-25(17-19-26)24-13-7-6-8-14-24/h6-8,11-19,22H,2-5,9-10,20-21H2,1H3. The van der Waals surface area contributed by atoms with E-state index in [-0.39, 0.29) is 0 Å². The fraction of sp³-hybridized carbons (Fsp3) is 0.333. The van der Waals surface area contributed by atoms with Crippen LogP contribution in [0.15, 0.2) is 83.8 Å². The van der Waals surface area contributed by atoms with Gasteiger partial charge in [-0.05, 0) is 60.9 Å². The van der Waals surface area contributed by atoms with E-state index >= 15 is 0 Å². The minimum absolute atomic E-state index is 0.813. The van der Waals surface area contributed by atoms with Gasteiger partial charge in [-0.15, -0.1) is 11.8 Å². The summed E-state index contributed by atoms with van der Waals surface area (Å²) in [5.74, 6) is 2.20. The summed E-state index contributed by atoms with van der Waals surface area (Å²) in [7, 11) is 0. The van der Waals surface area contributed by atoms with E-state index in [1.165, 1.54) is 59.4 Å². The molecule has 152 valence electrons. The molecule has 0 aliphatic rings. The van der Waals surface area contributed by atoms with Gasteiger partial charge in [0.2, 0.25) is 0 Å². The van der Waals surface area contributed by atoms with Crippen molar-refractivity contribution in [3.8, 4) is 16.9 Å². The highest BCUT2D eigenvalue weighted by Crippen LogP contribution is 2.23. The third kappa shape index (κ3) is 7.98. The summed E-state index contributed by atoms with van der Waals surface area (Å²) in [5, 5.41) is 0. The topological polar surface area (TPSA) is 9.23 Å². The van der Waals surface area contributed by atoms with E-state index < -0.39 is 0 Å². The predicted octanol–water partition coefficient (Wildman–Crippen LogP) is 8.17. The number of thioether (sulfide) groups is 1. The summed E-state index contributed by atoms with van der Waals surface area (Å²) in [5.41, 5.74) is 3.83. The normalized spacial score (nSPS) is 10.8. The van der Waals surface area contributed by atoms with E-state index in [2.05, 4.69) is 79.7 Å². The summed E-state index contributed by atoms with van der Waals surface area (Å²) in [6.07, 6.45) is 7.68. The van der Waals surface area contributed by atoms with Crippen molar-refractivity contribution in [2.24, 2.45) is 0 Å². The molecule has 1 nitrogen and oxygen atoms in total. The second kappa shape index (κ2) is 12.4. The van der Waals surface area contributed by atoms with Gasteiger partial charge >= 0.3 is 0 Å². The maximum absolute atomic E-state index is 5.90. The van der Waals surface area contributed by atoms with E-state index in [4.69, 9.17) is 4.74 Å². The molecule has 0 radical (unpaired) electrons. The van der Waals surface area contributed by atoms with Gasteiger partial charge in [0.1, 0.15) is 5.75 Å². The van der Waals surface area contributed by atoms with E-state index in [1.54, 1.807) is 0 Å². The zero-order valence-electron chi connectivity index (χ0n) is 17.5. The number of aryl methyl sites for hydroxylation is 1. The van der Waals surface area contributed by atoms with Crippen molar-refractivity contribution < 1.29 is 4.74 Å². The quantitative estimate of drug-likeness (QED) is 0.222. The molecule has 0 heterocycles. The van der Waals surface area contributed by atoms with Crippen molar-refractivity contribution in [3.63, 3.8) is 0 Å². The average molecular weight is 405 g/mol. The van der Waals surface area contributed by atoms with Crippen molar-refractivity contribution in [3.05, 3.63) is 84.4 Å². The van der Waals surface area contributed by atoms with E-state index in [0.717, 1.165) is 18.8 Å². The zero-order valence-corrected chi connectivity index (χ0v) is 18.3. The number of rotatable bonds is 12. The van der Waals surface area contributed by atoms with Crippen LogP contribution in [0.2, 0.25) is 0 Å². The Labute approximate surface area is 180 Å². The van der Waals surface area contributed by atoms with Crippen molar-refractivity contribution in [2.75, 3.05) is 12.4 Å². The molecule has 0 saturated carbocycles. The molecule has 3 aromatic carbocycles. The third-order valence-corrected chi connectivity index (χ3v) is 6.11. The zero-order chi connectivity index (χ0) is 20.2. The van der Waals surface area contributed by atoms with Crippen LogP contribution in [0.3, 0.4) is 0 Å². The van der Waals surface area contributed by atoms with Crippen LogP contribution in [0, 0.1) is 6.92 Å². The highest BCUT2D eigenvalue weighted by molar-refractivity contribution is 7.99. The Bertz CT molecular complexity index is 827. The van der Waals surface area contributed by atoms with Gasteiger partial charge in [0.25, 0.3) is 0 Å². The monoisotopic (exact) mass is 404 g/mol. The molecule has 2 heteroatoms. The Balaban J connectivity index is 1.20. The van der Waals surface area contributed by atoms with Gasteiger partial charge in [0.15, 0.2) is 0 Å². The number of hydrogen-bond donors (Lipinski definition) is 0. The number of hydrogen-bond acceptors (Lipinski definition) is 2. The fourth-order valence-corrected chi connectivity index (χ4v) is 4.40. The molecule has 0 amide bonds. The van der Waals surface area contributed by atoms with Gasteiger partial charge in [0, 0.05) is 4.90 Å². The Morgan fingerprint density at radius 3 is 2.10 bits per heavy atom. The van der Waals surface area contributed by atoms with Crippen LogP contribution >= 0.6 is 11.8 Å². The van der Waals surface area contributed by atoms with Gasteiger partial charge in [0.05, 0.1) is 6.61 Å². The molecular formula is C27H32OS. The molecule has 0 atom stereocenters. The Kier molecular flexibility index (Phi) is 9.19. The van der Waals surface area contributed by atoms with E-state index in [9.17, 15) is 0 Å². The van der Waals surface area contributed by atoms with E-state index in [0.29, 0.717) is 0 Å². The highest BCUT2D eigenvalue weighted by Gasteiger charge is 1.99. The minimum atomic E-state index is 0.813. The van der Waals surface area contributed by atoms with Crippen LogP contribution in [0.5, 0.6) is 5.75 Å². The fourth-order valence-electron chi connectivity index (χ4n) is 3.37. The minimum Gasteiger partial charge on any atom is -0.494 e. The van der Waals surface area contributed by atoms with Gasteiger partial charge < -0.3 is 4.74 Å². The molecule has 0 aromatic heterocycles. The maximum atomic E-state index is 5.90. The van der Waals surface area contributed by atoms with Crippen LogP contribution in [0.1, 0.15) is 44.1 Å². The second-order valence-electron chi connectivity index (χ2n) is 7.53. The lowest BCUT2D eigenvalue weighted by atomic mass is 10.1. The number of unbranched alkanes of at least 4 members (excludes halogenated alkanes) is 5. The second-order valence-corrected chi connectivity index (χ2v) is 8.69. The summed E-state index contributed by atoms with van der Waals surface area (Å²) in [6, 6.07) is 27.7. The Morgan fingerprint density at radius 1 is 0.655 bits per heavy atom. The molecule has 29 heavy (non-hydrogen) atoms. The molecule has 0 spiro atoms. The van der Waals surface area contributed by atoms with Crippen LogP contribution in [0.25, 0.3) is 11.1 Å². The maximum Gasteiger partial charge on any atom is 0.119 e. The molecule has 0 N–H and O–H groups in total. The average Bonchev–Trinajstić information content (AvgIpc) is 2.76. The van der Waals surface area contributed by atoms with Crippen LogP contribution in [-0.4, -0.2) is 12.4 Å². The van der Waals surface area contributed by atoms with Crippen molar-refractivity contribution in [1.29, 1.82) is 0 Å². The summed E-state index contributed by atoms with van der Waals surface area (Å²) in [4.78, 5) is 1.40. The molecule has 3 aromatic rings. The largest absolute Gasteiger partial charge is 0.494 e. The van der Waals surface area contributed by atoms with Crippen LogP contribution in [-0.2, 0) is 0 Å². The molecule has 0 bridgehead atoms. The van der Waals surface area contributed by atoms with Gasteiger partial charge in [-0.1, -0.05) is 85.8 Å². The molecule has 0 aliphatic carbocycles. The van der Waals surface area contributed by atoms with Crippen molar-refractivity contribution in [2.45, 2.75) is 50.3 Å².